The number of nitrogens with one attached hydrogen (secondary N) is 1. The first-order valence-electron chi connectivity index (χ1n) is 9.51. The van der Waals surface area contributed by atoms with Crippen molar-refractivity contribution in [3.05, 3.63) is 53.3 Å². The van der Waals surface area contributed by atoms with E-state index in [9.17, 15) is 9.18 Å². The molecule has 1 atom stereocenters. The molecule has 142 valence electrons. The highest BCUT2D eigenvalue weighted by Crippen LogP contribution is 2.33. The number of aromatic nitrogens is 1. The molecule has 0 bridgehead atoms. The minimum absolute atomic E-state index is 0.0426. The molecule has 2 aromatic rings. The monoisotopic (exact) mass is 369 g/mol. The Kier molecular flexibility index (Phi) is 5.07. The van der Waals surface area contributed by atoms with E-state index in [1.54, 1.807) is 18.2 Å². The zero-order valence-corrected chi connectivity index (χ0v) is 15.5. The molecule has 1 aliphatic carbocycles. The maximum atomic E-state index is 14.3. The zero-order valence-electron chi connectivity index (χ0n) is 15.5. The number of hydrogen-bond acceptors (Lipinski definition) is 5. The van der Waals surface area contributed by atoms with Crippen LogP contribution in [0.5, 0.6) is 5.88 Å². The lowest BCUT2D eigenvalue weighted by Crippen LogP contribution is -2.49. The van der Waals surface area contributed by atoms with Crippen LogP contribution < -0.4 is 15.0 Å². The van der Waals surface area contributed by atoms with Gasteiger partial charge in [-0.15, -0.1) is 0 Å². The van der Waals surface area contributed by atoms with Crippen molar-refractivity contribution in [2.45, 2.75) is 32.4 Å². The molecule has 0 amide bonds. The van der Waals surface area contributed by atoms with Crippen LogP contribution in [-0.2, 0) is 6.61 Å². The molecule has 5 nitrogen and oxygen atoms in total. The van der Waals surface area contributed by atoms with Gasteiger partial charge in [0.05, 0.1) is 0 Å². The number of nitrogens with zero attached hydrogens (tertiary/aromatic N) is 2. The molecule has 27 heavy (non-hydrogen) atoms. The van der Waals surface area contributed by atoms with E-state index in [1.807, 2.05) is 12.1 Å². The third kappa shape index (κ3) is 4.27. The topological polar surface area (TPSA) is 54.5 Å². The molecule has 2 fully saturated rings. The molecular formula is C21H24FN3O2. The molecule has 1 aliphatic heterocycles. The number of Topliss-reactive ketones (excluding diaryl/α,β-unsaturated/α-hetero) is 1. The molecule has 1 saturated carbocycles. The SMILES string of the molecule is CC1CN(c2cccc(OCc3ccc(C(=O)C4CC4)cc3F)n2)CCN1. The third-order valence-corrected chi connectivity index (χ3v) is 5.06. The van der Waals surface area contributed by atoms with Crippen LogP contribution in [-0.4, -0.2) is 36.4 Å². The molecule has 0 radical (unpaired) electrons. The number of carbonyl (C=O) groups is 1. The Morgan fingerprint density at radius 3 is 2.93 bits per heavy atom. The fraction of sp³-hybridized carbons (Fsp3) is 0.429. The average molecular weight is 369 g/mol. The highest BCUT2D eigenvalue weighted by Gasteiger charge is 2.30. The van der Waals surface area contributed by atoms with Gasteiger partial charge in [-0.2, -0.15) is 4.98 Å². The van der Waals surface area contributed by atoms with Gasteiger partial charge in [-0.3, -0.25) is 4.79 Å². The Bertz CT molecular complexity index is 838. The van der Waals surface area contributed by atoms with Gasteiger partial charge in [0.1, 0.15) is 18.2 Å². The van der Waals surface area contributed by atoms with E-state index in [2.05, 4.69) is 22.1 Å². The maximum Gasteiger partial charge on any atom is 0.215 e. The van der Waals surface area contributed by atoms with E-state index >= 15 is 0 Å². The second kappa shape index (κ2) is 7.64. The summed E-state index contributed by atoms with van der Waals surface area (Å²) in [6.07, 6.45) is 1.83. The highest BCUT2D eigenvalue weighted by molar-refractivity contribution is 5.99. The fourth-order valence-corrected chi connectivity index (χ4v) is 3.35. The minimum Gasteiger partial charge on any atom is -0.473 e. The number of anilines is 1. The second-order valence-corrected chi connectivity index (χ2v) is 7.37. The largest absolute Gasteiger partial charge is 0.473 e. The molecule has 4 rings (SSSR count). The molecule has 0 spiro atoms. The van der Waals surface area contributed by atoms with Crippen LogP contribution in [0.2, 0.25) is 0 Å². The lowest BCUT2D eigenvalue weighted by molar-refractivity contribution is 0.0967. The third-order valence-electron chi connectivity index (χ3n) is 5.06. The lowest BCUT2D eigenvalue weighted by atomic mass is 10.0. The van der Waals surface area contributed by atoms with Gasteiger partial charge in [0.2, 0.25) is 5.88 Å². The summed E-state index contributed by atoms with van der Waals surface area (Å²) in [6, 6.07) is 10.7. The van der Waals surface area contributed by atoms with Gasteiger partial charge in [-0.05, 0) is 31.9 Å². The Balaban J connectivity index is 1.41. The van der Waals surface area contributed by atoms with Crippen LogP contribution in [0.15, 0.2) is 36.4 Å². The van der Waals surface area contributed by atoms with Crippen LogP contribution in [0.3, 0.4) is 0 Å². The summed E-state index contributed by atoms with van der Waals surface area (Å²) in [5, 5.41) is 3.41. The number of pyridine rings is 1. The smallest absolute Gasteiger partial charge is 0.215 e. The van der Waals surface area contributed by atoms with Crippen LogP contribution in [0.4, 0.5) is 10.2 Å². The zero-order chi connectivity index (χ0) is 18.8. The summed E-state index contributed by atoms with van der Waals surface area (Å²) in [5.74, 6) is 1.06. The summed E-state index contributed by atoms with van der Waals surface area (Å²) in [5.41, 5.74) is 0.872. The summed E-state index contributed by atoms with van der Waals surface area (Å²) in [6.45, 7) is 4.93. The molecule has 1 saturated heterocycles. The molecule has 1 aromatic heterocycles. The van der Waals surface area contributed by atoms with E-state index in [1.165, 1.54) is 6.07 Å². The van der Waals surface area contributed by atoms with E-state index < -0.39 is 5.82 Å². The van der Waals surface area contributed by atoms with Crippen LogP contribution in [0.1, 0.15) is 35.7 Å². The number of benzene rings is 1. The summed E-state index contributed by atoms with van der Waals surface area (Å²) in [7, 11) is 0. The van der Waals surface area contributed by atoms with Crippen molar-refractivity contribution >= 4 is 11.6 Å². The summed E-state index contributed by atoms with van der Waals surface area (Å²) < 4.78 is 20.1. The number of carbonyl (C=O) groups excluding carboxylic acids is 1. The quantitative estimate of drug-likeness (QED) is 0.793. The Hall–Kier alpha value is -2.47. The van der Waals surface area contributed by atoms with E-state index in [-0.39, 0.29) is 18.3 Å². The number of ketones is 1. The molecular weight excluding hydrogens is 345 g/mol. The van der Waals surface area contributed by atoms with E-state index in [4.69, 9.17) is 4.74 Å². The number of rotatable bonds is 6. The van der Waals surface area contributed by atoms with Crippen LogP contribution >= 0.6 is 0 Å². The molecule has 1 N–H and O–H groups in total. The number of halogens is 1. The Labute approximate surface area is 158 Å². The lowest BCUT2D eigenvalue weighted by Gasteiger charge is -2.32. The van der Waals surface area contributed by atoms with Gasteiger partial charge in [0.15, 0.2) is 5.78 Å². The molecule has 2 heterocycles. The van der Waals surface area contributed by atoms with Crippen molar-refractivity contribution in [1.82, 2.24) is 10.3 Å². The van der Waals surface area contributed by atoms with Crippen molar-refractivity contribution in [2.24, 2.45) is 5.92 Å². The Morgan fingerprint density at radius 2 is 2.19 bits per heavy atom. The first-order valence-corrected chi connectivity index (χ1v) is 9.51. The number of ether oxygens (including phenoxy) is 1. The van der Waals surface area contributed by atoms with Gasteiger partial charge in [0, 0.05) is 48.8 Å². The molecule has 2 aliphatic rings. The first-order chi connectivity index (χ1) is 13.1. The maximum absolute atomic E-state index is 14.3. The minimum atomic E-state index is -0.409. The molecule has 1 unspecified atom stereocenters. The summed E-state index contributed by atoms with van der Waals surface area (Å²) >= 11 is 0. The van der Waals surface area contributed by atoms with Gasteiger partial charge < -0.3 is 15.0 Å². The summed E-state index contributed by atoms with van der Waals surface area (Å²) in [4.78, 5) is 18.8. The first kappa shape index (κ1) is 17.9. The average Bonchev–Trinajstić information content (AvgIpc) is 3.52. The fourth-order valence-electron chi connectivity index (χ4n) is 3.35. The van der Waals surface area contributed by atoms with E-state index in [0.717, 1.165) is 38.3 Å². The normalized spacial score (nSPS) is 19.8. The van der Waals surface area contributed by atoms with Crippen molar-refractivity contribution in [2.75, 3.05) is 24.5 Å². The molecule has 6 heteroatoms. The molecule has 1 aromatic carbocycles. The number of hydrogen-bond donors (Lipinski definition) is 1. The van der Waals surface area contributed by atoms with E-state index in [0.29, 0.717) is 23.0 Å². The second-order valence-electron chi connectivity index (χ2n) is 7.37. The predicted octanol–water partition coefficient (Wildman–Crippen LogP) is 3.19. The Morgan fingerprint density at radius 1 is 1.33 bits per heavy atom. The highest BCUT2D eigenvalue weighted by atomic mass is 19.1. The van der Waals surface area contributed by atoms with Gasteiger partial charge in [0.25, 0.3) is 0 Å². The van der Waals surface area contributed by atoms with Gasteiger partial charge >= 0.3 is 0 Å². The van der Waals surface area contributed by atoms with Crippen LogP contribution in [0, 0.1) is 11.7 Å². The predicted molar refractivity (Wildman–Crippen MR) is 102 cm³/mol. The standard InChI is InChI=1S/C21H24FN3O2/c1-14-12-25(10-9-23-14)19-3-2-4-20(24-19)27-13-17-8-7-16(11-18(17)22)21(26)15-5-6-15/h2-4,7-8,11,14-15,23H,5-6,9-10,12-13H2,1H3. The van der Waals surface area contributed by atoms with Gasteiger partial charge in [-0.25, -0.2) is 4.39 Å². The number of piperazine rings is 1. The van der Waals surface area contributed by atoms with Gasteiger partial charge in [-0.1, -0.05) is 18.2 Å². The van der Waals surface area contributed by atoms with Crippen molar-refractivity contribution in [1.29, 1.82) is 0 Å². The van der Waals surface area contributed by atoms with Crippen molar-refractivity contribution in [3.63, 3.8) is 0 Å². The van der Waals surface area contributed by atoms with Crippen LogP contribution in [0.25, 0.3) is 0 Å². The van der Waals surface area contributed by atoms with Crippen molar-refractivity contribution in [3.8, 4) is 5.88 Å². The van der Waals surface area contributed by atoms with Crippen molar-refractivity contribution < 1.29 is 13.9 Å².